The molecule has 0 saturated heterocycles. The first-order chi connectivity index (χ1) is 34.2. The molecule has 0 bridgehead atoms. The molecule has 0 radical (unpaired) electrons. The lowest BCUT2D eigenvalue weighted by Crippen LogP contribution is -2.55. The van der Waals surface area contributed by atoms with Crippen LogP contribution in [0.15, 0.2) is 0 Å². The predicted molar refractivity (Wildman–Crippen MR) is 264 cm³/mol. The van der Waals surface area contributed by atoms with Crippen molar-refractivity contribution in [2.45, 2.75) is 129 Å². The average Bonchev–Trinajstić information content (AvgIpc) is 3.30. The second kappa shape index (κ2) is 35.6. The van der Waals surface area contributed by atoms with Gasteiger partial charge in [0.25, 0.3) is 0 Å². The molecule has 0 fully saturated rings. The Morgan fingerprint density at radius 2 is 0.904 bits per heavy atom. The standard InChI is InChI=1S/C45H82N14O14/c1-6-28(4)44(71)59(24-18-53-41(68)30(46)7-10-34(47)61)32(9-12-36(49)63)43(70)54-15-21-56(19-13-37(50)64)29(5)40(67)52-16-22-57(20-14-38(51)65)31(8-11-35(48)62)42(69)55-17-23-58(33(26-60)45(72)73)39(66)25-27(2)3/h27-33,60H,6-26,46H2,1-5H3,(H2,47,61)(H2,48,62)(H2,49,63)(H2,50,64)(H2,51,65)(H,52,67)(H,53,68)(H,54,70)(H,55,69)(H,72,73)/t28?,29-,30-,31-,32-,33-/m0/s1. The molecule has 0 aliphatic rings. The number of nitrogens with zero attached hydrogens (tertiary/aromatic N) is 4. The molecule has 28 nitrogen and oxygen atoms in total. The molecule has 0 saturated carbocycles. The number of nitrogens with one attached hydrogen (secondary N) is 4. The van der Waals surface area contributed by atoms with Gasteiger partial charge in [-0.3, -0.25) is 62.5 Å². The highest BCUT2D eigenvalue weighted by molar-refractivity contribution is 5.90. The van der Waals surface area contributed by atoms with E-state index in [1.807, 2.05) is 0 Å². The van der Waals surface area contributed by atoms with E-state index >= 15 is 0 Å². The molecule has 1 unspecified atom stereocenters. The number of carboxylic acids is 1. The van der Waals surface area contributed by atoms with E-state index in [0.717, 1.165) is 4.90 Å². The maximum atomic E-state index is 13.9. The normalized spacial score (nSPS) is 13.7. The molecule has 0 aliphatic heterocycles. The fourth-order valence-corrected chi connectivity index (χ4v) is 7.36. The number of rotatable bonds is 41. The van der Waals surface area contributed by atoms with Crippen molar-refractivity contribution in [3.8, 4) is 0 Å². The van der Waals surface area contributed by atoms with Crippen molar-refractivity contribution in [2.24, 2.45) is 46.2 Å². The fraction of sp³-hybridized carbons (Fsp3) is 0.733. The van der Waals surface area contributed by atoms with Gasteiger partial charge in [-0.15, -0.1) is 0 Å². The fourth-order valence-electron chi connectivity index (χ4n) is 7.36. The smallest absolute Gasteiger partial charge is 0.328 e. The summed E-state index contributed by atoms with van der Waals surface area (Å²) in [5, 5.41) is 30.1. The van der Waals surface area contributed by atoms with Gasteiger partial charge >= 0.3 is 5.97 Å². The van der Waals surface area contributed by atoms with E-state index in [0.29, 0.717) is 6.42 Å². The van der Waals surface area contributed by atoms with Gasteiger partial charge in [-0.05, 0) is 38.5 Å². The Balaban J connectivity index is 6.32. The number of nitrogens with two attached hydrogens (primary N) is 6. The molecule has 0 heterocycles. The second-order valence-electron chi connectivity index (χ2n) is 18.1. The largest absolute Gasteiger partial charge is 0.480 e. The molecule has 0 aromatic carbocycles. The Kier molecular flexibility index (Phi) is 32.4. The number of hydrogen-bond acceptors (Lipinski definition) is 16. The number of amides is 11. The molecule has 0 aliphatic carbocycles. The summed E-state index contributed by atoms with van der Waals surface area (Å²) < 4.78 is 0. The van der Waals surface area contributed by atoms with E-state index < -0.39 is 114 Å². The number of carbonyl (C=O) groups is 12. The third-order valence-electron chi connectivity index (χ3n) is 11.8. The van der Waals surface area contributed by atoms with Crippen molar-refractivity contribution < 1.29 is 67.7 Å². The van der Waals surface area contributed by atoms with E-state index in [9.17, 15) is 67.7 Å². The third-order valence-corrected chi connectivity index (χ3v) is 11.8. The highest BCUT2D eigenvalue weighted by Gasteiger charge is 2.34. The molecule has 0 rings (SSSR count). The number of hydrogen-bond donors (Lipinski definition) is 12. The van der Waals surface area contributed by atoms with Crippen molar-refractivity contribution in [3.05, 3.63) is 0 Å². The average molecular weight is 1040 g/mol. The maximum absolute atomic E-state index is 13.9. The molecule has 6 atom stereocenters. The highest BCUT2D eigenvalue weighted by atomic mass is 16.4. The van der Waals surface area contributed by atoms with Crippen LogP contribution in [0.2, 0.25) is 0 Å². The SMILES string of the molecule is CCC(C)C(=O)N(CCNC(=O)[C@@H](N)CCC(N)=O)[C@@H](CCC(N)=O)C(=O)NCCN(CCC(N)=O)[C@@H](C)C(=O)NCCN(CCC(N)=O)[C@@H](CCC(N)=O)C(=O)NCCN(C(=O)CC(C)C)[C@@H](CO)C(=O)O. The van der Waals surface area contributed by atoms with Crippen LogP contribution in [0.1, 0.15) is 98.8 Å². The molecular weight excluding hydrogens is 961 g/mol. The molecule has 0 aromatic heterocycles. The lowest BCUT2D eigenvalue weighted by atomic mass is 10.0. The Morgan fingerprint density at radius 3 is 1.37 bits per heavy atom. The molecule has 11 amide bonds. The summed E-state index contributed by atoms with van der Waals surface area (Å²) in [5.41, 5.74) is 32.8. The summed E-state index contributed by atoms with van der Waals surface area (Å²) in [6.45, 7) is 6.08. The van der Waals surface area contributed by atoms with E-state index in [1.54, 1.807) is 32.6 Å². The van der Waals surface area contributed by atoms with Crippen LogP contribution in [0.5, 0.6) is 0 Å². The summed E-state index contributed by atoms with van der Waals surface area (Å²) in [6.07, 6.45) is -1.14. The van der Waals surface area contributed by atoms with Crippen LogP contribution in [-0.4, -0.2) is 203 Å². The highest BCUT2D eigenvalue weighted by Crippen LogP contribution is 2.16. The summed E-state index contributed by atoms with van der Waals surface area (Å²) in [5.74, 6) is -9.33. The summed E-state index contributed by atoms with van der Waals surface area (Å²) in [7, 11) is 0. The third kappa shape index (κ3) is 27.2. The van der Waals surface area contributed by atoms with Crippen LogP contribution in [-0.2, 0) is 57.5 Å². The van der Waals surface area contributed by atoms with Gasteiger partial charge in [0.05, 0.1) is 24.7 Å². The Labute approximate surface area is 426 Å². The Bertz CT molecular complexity index is 1870. The zero-order valence-electron chi connectivity index (χ0n) is 42.9. The first-order valence-electron chi connectivity index (χ1n) is 24.4. The van der Waals surface area contributed by atoms with Gasteiger partial charge in [0.2, 0.25) is 65.0 Å². The van der Waals surface area contributed by atoms with E-state index in [2.05, 4.69) is 21.3 Å². The van der Waals surface area contributed by atoms with Crippen LogP contribution in [0.25, 0.3) is 0 Å². The van der Waals surface area contributed by atoms with Gasteiger partial charge in [0, 0.05) is 110 Å². The number of primary amides is 5. The minimum absolute atomic E-state index is 0.0199. The molecule has 0 aromatic rings. The zero-order chi connectivity index (χ0) is 56.0. The van der Waals surface area contributed by atoms with E-state index in [4.69, 9.17) is 34.4 Å². The quantitative estimate of drug-likeness (QED) is 0.0271. The molecule has 0 spiro atoms. The van der Waals surface area contributed by atoms with Gasteiger partial charge in [-0.2, -0.15) is 0 Å². The molecule has 73 heavy (non-hydrogen) atoms. The second-order valence-corrected chi connectivity index (χ2v) is 18.1. The van der Waals surface area contributed by atoms with Crippen molar-refractivity contribution in [1.29, 1.82) is 0 Å². The number of aliphatic carboxylic acids is 1. The molecule has 416 valence electrons. The topological polar surface area (TPSA) is 462 Å². The summed E-state index contributed by atoms with van der Waals surface area (Å²) in [6, 6.07) is -6.03. The van der Waals surface area contributed by atoms with Crippen molar-refractivity contribution in [3.63, 3.8) is 0 Å². The van der Waals surface area contributed by atoms with Gasteiger partial charge < -0.3 is 75.7 Å². The van der Waals surface area contributed by atoms with Crippen LogP contribution in [0, 0.1) is 11.8 Å². The van der Waals surface area contributed by atoms with Crippen molar-refractivity contribution in [2.75, 3.05) is 72.1 Å². The first kappa shape index (κ1) is 66.5. The number of aliphatic hydroxyl groups excluding tert-OH is 1. The lowest BCUT2D eigenvalue weighted by Gasteiger charge is -2.33. The van der Waals surface area contributed by atoms with Crippen LogP contribution < -0.4 is 55.7 Å². The van der Waals surface area contributed by atoms with Crippen molar-refractivity contribution in [1.82, 2.24) is 40.9 Å². The molecule has 18 N–H and O–H groups in total. The van der Waals surface area contributed by atoms with E-state index in [1.165, 1.54) is 16.7 Å². The van der Waals surface area contributed by atoms with Gasteiger partial charge in [-0.1, -0.05) is 27.7 Å². The number of carbonyl (C=O) groups excluding carboxylic acids is 11. The molecular formula is C45H82N14O14. The van der Waals surface area contributed by atoms with Crippen LogP contribution in [0.4, 0.5) is 0 Å². The monoisotopic (exact) mass is 1040 g/mol. The maximum Gasteiger partial charge on any atom is 0.328 e. The van der Waals surface area contributed by atoms with Gasteiger partial charge in [-0.25, -0.2) is 4.79 Å². The zero-order valence-corrected chi connectivity index (χ0v) is 42.9. The van der Waals surface area contributed by atoms with E-state index in [-0.39, 0.29) is 129 Å². The van der Waals surface area contributed by atoms with Gasteiger partial charge in [0.1, 0.15) is 6.04 Å². The summed E-state index contributed by atoms with van der Waals surface area (Å²) in [4.78, 5) is 156. The van der Waals surface area contributed by atoms with Crippen LogP contribution in [0.3, 0.4) is 0 Å². The summed E-state index contributed by atoms with van der Waals surface area (Å²) >= 11 is 0. The van der Waals surface area contributed by atoms with Crippen molar-refractivity contribution >= 4 is 70.9 Å². The lowest BCUT2D eigenvalue weighted by molar-refractivity contribution is -0.152. The molecule has 28 heteroatoms. The Morgan fingerprint density at radius 1 is 0.493 bits per heavy atom. The minimum atomic E-state index is -1.58. The van der Waals surface area contributed by atoms with Crippen LogP contribution >= 0.6 is 0 Å². The predicted octanol–water partition coefficient (Wildman–Crippen LogP) is -5.75. The minimum Gasteiger partial charge on any atom is -0.480 e. The number of aliphatic hydroxyl groups is 1. The Hall–Kier alpha value is -6.52. The van der Waals surface area contributed by atoms with Gasteiger partial charge in [0.15, 0.2) is 6.04 Å². The first-order valence-corrected chi connectivity index (χ1v) is 24.4. The number of carboxylic acid groups (broad SMARTS) is 1.